The standard InChI is InChI=1S/C17H19BrFNO/c1-12(9-13-5-3-4-6-17(13)21-2)20-11-14-10-15(19)7-8-16(14)18/h3-8,10,12,20H,9,11H2,1-2H3. The predicted molar refractivity (Wildman–Crippen MR) is 87.1 cm³/mol. The molecule has 0 saturated heterocycles. The highest BCUT2D eigenvalue weighted by Gasteiger charge is 2.09. The first-order valence-electron chi connectivity index (χ1n) is 6.89. The first-order chi connectivity index (χ1) is 10.1. The normalized spacial score (nSPS) is 12.2. The summed E-state index contributed by atoms with van der Waals surface area (Å²) in [5.74, 6) is 0.686. The molecule has 0 aromatic heterocycles. The third-order valence-electron chi connectivity index (χ3n) is 3.37. The molecule has 2 aromatic carbocycles. The van der Waals surface area contributed by atoms with Gasteiger partial charge >= 0.3 is 0 Å². The number of halogens is 2. The fraction of sp³-hybridized carbons (Fsp3) is 0.294. The van der Waals surface area contributed by atoms with Crippen LogP contribution in [-0.4, -0.2) is 13.2 Å². The third-order valence-corrected chi connectivity index (χ3v) is 4.14. The molecule has 112 valence electrons. The van der Waals surface area contributed by atoms with Gasteiger partial charge < -0.3 is 10.1 Å². The summed E-state index contributed by atoms with van der Waals surface area (Å²) in [4.78, 5) is 0. The van der Waals surface area contributed by atoms with Gasteiger partial charge in [0.15, 0.2) is 0 Å². The second-order valence-corrected chi connectivity index (χ2v) is 5.89. The Hall–Kier alpha value is -1.39. The average molecular weight is 352 g/mol. The average Bonchev–Trinajstić information content (AvgIpc) is 2.49. The monoisotopic (exact) mass is 351 g/mol. The summed E-state index contributed by atoms with van der Waals surface area (Å²) in [6.45, 7) is 2.73. The van der Waals surface area contributed by atoms with Crippen molar-refractivity contribution in [3.05, 3.63) is 63.9 Å². The van der Waals surface area contributed by atoms with Gasteiger partial charge in [0.25, 0.3) is 0 Å². The van der Waals surface area contributed by atoms with E-state index in [1.54, 1.807) is 19.2 Å². The largest absolute Gasteiger partial charge is 0.496 e. The van der Waals surface area contributed by atoms with Crippen LogP contribution in [0.4, 0.5) is 4.39 Å². The molecule has 2 rings (SSSR count). The van der Waals surface area contributed by atoms with Crippen LogP contribution < -0.4 is 10.1 Å². The highest BCUT2D eigenvalue weighted by Crippen LogP contribution is 2.20. The van der Waals surface area contributed by atoms with Crippen LogP contribution in [-0.2, 0) is 13.0 Å². The van der Waals surface area contributed by atoms with E-state index >= 15 is 0 Å². The van der Waals surface area contributed by atoms with E-state index in [9.17, 15) is 4.39 Å². The minimum atomic E-state index is -0.215. The van der Waals surface area contributed by atoms with E-state index in [2.05, 4.69) is 34.2 Å². The van der Waals surface area contributed by atoms with Gasteiger partial charge in [0.05, 0.1) is 7.11 Å². The maximum Gasteiger partial charge on any atom is 0.123 e. The third kappa shape index (κ3) is 4.55. The van der Waals surface area contributed by atoms with Crippen molar-refractivity contribution >= 4 is 15.9 Å². The number of methoxy groups -OCH3 is 1. The van der Waals surface area contributed by atoms with Crippen molar-refractivity contribution in [1.29, 1.82) is 0 Å². The molecular weight excluding hydrogens is 333 g/mol. The van der Waals surface area contributed by atoms with Gasteiger partial charge in [-0.2, -0.15) is 0 Å². The number of ether oxygens (including phenoxy) is 1. The Balaban J connectivity index is 1.96. The molecule has 0 aliphatic rings. The molecule has 0 aliphatic carbocycles. The van der Waals surface area contributed by atoms with E-state index in [0.29, 0.717) is 6.54 Å². The summed E-state index contributed by atoms with van der Waals surface area (Å²) in [7, 11) is 1.68. The molecule has 4 heteroatoms. The summed E-state index contributed by atoms with van der Waals surface area (Å²) in [6.07, 6.45) is 0.858. The van der Waals surface area contributed by atoms with Gasteiger partial charge in [-0.1, -0.05) is 34.1 Å². The Morgan fingerprint density at radius 2 is 1.95 bits per heavy atom. The highest BCUT2D eigenvalue weighted by atomic mass is 79.9. The lowest BCUT2D eigenvalue weighted by atomic mass is 10.1. The molecule has 0 spiro atoms. The molecule has 0 amide bonds. The smallest absolute Gasteiger partial charge is 0.123 e. The molecule has 0 radical (unpaired) electrons. The van der Waals surface area contributed by atoms with Crippen molar-refractivity contribution in [3.8, 4) is 5.75 Å². The highest BCUT2D eigenvalue weighted by molar-refractivity contribution is 9.10. The summed E-state index contributed by atoms with van der Waals surface area (Å²) in [5.41, 5.74) is 2.08. The summed E-state index contributed by atoms with van der Waals surface area (Å²) < 4.78 is 19.5. The molecular formula is C17H19BrFNO. The van der Waals surface area contributed by atoms with E-state index in [4.69, 9.17) is 4.74 Å². The molecule has 1 atom stereocenters. The van der Waals surface area contributed by atoms with Gasteiger partial charge in [-0.25, -0.2) is 4.39 Å². The molecule has 2 aromatic rings. The Morgan fingerprint density at radius 3 is 2.71 bits per heavy atom. The Labute approximate surface area is 133 Å². The van der Waals surface area contributed by atoms with Crippen molar-refractivity contribution in [2.75, 3.05) is 7.11 Å². The molecule has 1 unspecified atom stereocenters. The minimum Gasteiger partial charge on any atom is -0.496 e. The molecule has 0 heterocycles. The molecule has 1 N–H and O–H groups in total. The van der Waals surface area contributed by atoms with E-state index in [1.165, 1.54) is 11.6 Å². The first-order valence-corrected chi connectivity index (χ1v) is 7.68. The minimum absolute atomic E-state index is 0.215. The zero-order valence-corrected chi connectivity index (χ0v) is 13.8. The van der Waals surface area contributed by atoms with E-state index < -0.39 is 0 Å². The number of hydrogen-bond donors (Lipinski definition) is 1. The molecule has 0 aliphatic heterocycles. The zero-order chi connectivity index (χ0) is 15.2. The number of rotatable bonds is 6. The number of hydrogen-bond acceptors (Lipinski definition) is 2. The van der Waals surface area contributed by atoms with Crippen LogP contribution in [0.25, 0.3) is 0 Å². The topological polar surface area (TPSA) is 21.3 Å². The number of para-hydroxylation sites is 1. The lowest BCUT2D eigenvalue weighted by Gasteiger charge is -2.16. The SMILES string of the molecule is COc1ccccc1CC(C)NCc1cc(F)ccc1Br. The molecule has 0 bridgehead atoms. The van der Waals surface area contributed by atoms with Crippen molar-refractivity contribution in [1.82, 2.24) is 5.32 Å². The van der Waals surface area contributed by atoms with Gasteiger partial charge in [0.2, 0.25) is 0 Å². The van der Waals surface area contributed by atoms with Crippen molar-refractivity contribution in [2.45, 2.75) is 25.9 Å². The number of benzene rings is 2. The lowest BCUT2D eigenvalue weighted by Crippen LogP contribution is -2.27. The van der Waals surface area contributed by atoms with Crippen molar-refractivity contribution in [3.63, 3.8) is 0 Å². The second-order valence-electron chi connectivity index (χ2n) is 5.03. The summed E-state index contributed by atoms with van der Waals surface area (Å²) in [5, 5.41) is 3.41. The number of nitrogens with one attached hydrogen (secondary N) is 1. The fourth-order valence-corrected chi connectivity index (χ4v) is 2.62. The van der Waals surface area contributed by atoms with Crippen LogP contribution in [0.5, 0.6) is 5.75 Å². The maximum atomic E-state index is 13.3. The Bertz CT molecular complexity index is 603. The van der Waals surface area contributed by atoms with Crippen LogP contribution in [0.15, 0.2) is 46.9 Å². The fourth-order valence-electron chi connectivity index (χ4n) is 2.24. The van der Waals surface area contributed by atoms with Crippen LogP contribution in [0, 0.1) is 5.82 Å². The van der Waals surface area contributed by atoms with Gasteiger partial charge in [-0.15, -0.1) is 0 Å². The van der Waals surface area contributed by atoms with Gasteiger partial charge in [0, 0.05) is 17.1 Å². The molecule has 0 fully saturated rings. The van der Waals surface area contributed by atoms with Crippen molar-refractivity contribution in [2.24, 2.45) is 0 Å². The van der Waals surface area contributed by atoms with E-state index in [1.807, 2.05) is 18.2 Å². The van der Waals surface area contributed by atoms with Gasteiger partial charge in [-0.3, -0.25) is 0 Å². The zero-order valence-electron chi connectivity index (χ0n) is 12.2. The summed E-state index contributed by atoms with van der Waals surface area (Å²) in [6, 6.07) is 13.0. The Kier molecular flexibility index (Phi) is 5.76. The second kappa shape index (κ2) is 7.57. The molecule has 21 heavy (non-hydrogen) atoms. The van der Waals surface area contributed by atoms with E-state index in [0.717, 1.165) is 22.2 Å². The quantitative estimate of drug-likeness (QED) is 0.836. The Morgan fingerprint density at radius 1 is 1.19 bits per heavy atom. The van der Waals surface area contributed by atoms with Crippen LogP contribution in [0.3, 0.4) is 0 Å². The first kappa shape index (κ1) is 16.0. The van der Waals surface area contributed by atoms with Gasteiger partial charge in [0.1, 0.15) is 11.6 Å². The summed E-state index contributed by atoms with van der Waals surface area (Å²) >= 11 is 3.44. The van der Waals surface area contributed by atoms with Crippen LogP contribution in [0.1, 0.15) is 18.1 Å². The van der Waals surface area contributed by atoms with Crippen LogP contribution >= 0.6 is 15.9 Å². The van der Waals surface area contributed by atoms with Crippen LogP contribution in [0.2, 0.25) is 0 Å². The molecule has 2 nitrogen and oxygen atoms in total. The van der Waals surface area contributed by atoms with E-state index in [-0.39, 0.29) is 11.9 Å². The predicted octanol–water partition coefficient (Wildman–Crippen LogP) is 4.32. The van der Waals surface area contributed by atoms with Gasteiger partial charge in [-0.05, 0) is 48.7 Å². The van der Waals surface area contributed by atoms with Crippen molar-refractivity contribution < 1.29 is 9.13 Å². The molecule has 0 saturated carbocycles. The maximum absolute atomic E-state index is 13.3. The lowest BCUT2D eigenvalue weighted by molar-refractivity contribution is 0.406.